The molecule has 0 amide bonds. The minimum atomic E-state index is 0.777. The molecule has 0 spiro atoms. The highest BCUT2D eigenvalue weighted by Gasteiger charge is 2.09. The van der Waals surface area contributed by atoms with Crippen LogP contribution in [0, 0.1) is 13.8 Å². The zero-order chi connectivity index (χ0) is 12.4. The van der Waals surface area contributed by atoms with Gasteiger partial charge in [-0.25, -0.2) is 9.97 Å². The van der Waals surface area contributed by atoms with Gasteiger partial charge in [0.05, 0.1) is 21.7 Å². The molecule has 0 fully saturated rings. The number of thiazole rings is 1. The van der Waals surface area contributed by atoms with Crippen molar-refractivity contribution >= 4 is 33.1 Å². The number of hydrogen-bond donors (Lipinski definition) is 0. The van der Waals surface area contributed by atoms with Crippen LogP contribution in [0.25, 0.3) is 0 Å². The number of nitrogens with zero attached hydrogens (tertiary/aromatic N) is 3. The van der Waals surface area contributed by atoms with Crippen molar-refractivity contribution < 1.29 is 0 Å². The van der Waals surface area contributed by atoms with Crippen LogP contribution in [0.3, 0.4) is 0 Å². The molecule has 0 saturated carbocycles. The Kier molecular flexibility index (Phi) is 3.79. The fourth-order valence-electron chi connectivity index (χ4n) is 1.61. The zero-order valence-electron chi connectivity index (χ0n) is 10.1. The third kappa shape index (κ3) is 3.04. The Labute approximate surface area is 114 Å². The molecule has 0 radical (unpaired) electrons. The standard InChI is InChI=1S/C12H14BrN3S/c1-8-4-11(13)12(14-5-8)16(3)6-10-7-17-9(2)15-10/h4-5,7H,6H2,1-3H3. The molecule has 0 aromatic carbocycles. The summed E-state index contributed by atoms with van der Waals surface area (Å²) in [6.07, 6.45) is 1.88. The highest BCUT2D eigenvalue weighted by Crippen LogP contribution is 2.24. The first-order valence-electron chi connectivity index (χ1n) is 5.30. The third-order valence-corrected chi connectivity index (χ3v) is 3.79. The number of pyridine rings is 1. The quantitative estimate of drug-likeness (QED) is 0.868. The van der Waals surface area contributed by atoms with Crippen molar-refractivity contribution in [3.8, 4) is 0 Å². The van der Waals surface area contributed by atoms with Crippen molar-refractivity contribution in [1.82, 2.24) is 9.97 Å². The lowest BCUT2D eigenvalue weighted by molar-refractivity contribution is 0.866. The fourth-order valence-corrected chi connectivity index (χ4v) is 2.98. The molecule has 2 aromatic rings. The summed E-state index contributed by atoms with van der Waals surface area (Å²) >= 11 is 5.22. The van der Waals surface area contributed by atoms with E-state index in [0.717, 1.165) is 33.1 Å². The molecule has 2 aromatic heterocycles. The van der Waals surface area contributed by atoms with E-state index in [0.29, 0.717) is 0 Å². The SMILES string of the molecule is Cc1cnc(N(C)Cc2csc(C)n2)c(Br)c1. The summed E-state index contributed by atoms with van der Waals surface area (Å²) in [5.74, 6) is 0.946. The van der Waals surface area contributed by atoms with E-state index in [2.05, 4.69) is 42.2 Å². The Morgan fingerprint density at radius 3 is 2.76 bits per heavy atom. The maximum Gasteiger partial charge on any atom is 0.142 e. The van der Waals surface area contributed by atoms with E-state index >= 15 is 0 Å². The lowest BCUT2D eigenvalue weighted by Crippen LogP contribution is -2.18. The minimum absolute atomic E-state index is 0.777. The number of aryl methyl sites for hydroxylation is 2. The van der Waals surface area contributed by atoms with Gasteiger partial charge in [-0.3, -0.25) is 0 Å². The van der Waals surface area contributed by atoms with Gasteiger partial charge in [-0.2, -0.15) is 0 Å². The molecule has 17 heavy (non-hydrogen) atoms. The van der Waals surface area contributed by atoms with Crippen LogP contribution in [0.4, 0.5) is 5.82 Å². The first-order chi connectivity index (χ1) is 8.06. The van der Waals surface area contributed by atoms with Gasteiger partial charge in [0.15, 0.2) is 0 Å². The average molecular weight is 312 g/mol. The summed E-state index contributed by atoms with van der Waals surface area (Å²) in [6.45, 7) is 4.83. The third-order valence-electron chi connectivity index (χ3n) is 2.39. The normalized spacial score (nSPS) is 10.6. The lowest BCUT2D eigenvalue weighted by atomic mass is 10.3. The molecule has 0 unspecified atom stereocenters. The maximum absolute atomic E-state index is 4.46. The monoisotopic (exact) mass is 311 g/mol. The van der Waals surface area contributed by atoms with Gasteiger partial charge in [-0.1, -0.05) is 0 Å². The average Bonchev–Trinajstić information content (AvgIpc) is 2.63. The van der Waals surface area contributed by atoms with E-state index in [1.165, 1.54) is 0 Å². The molecule has 0 atom stereocenters. The van der Waals surface area contributed by atoms with Gasteiger partial charge < -0.3 is 4.90 Å². The second-order valence-corrected chi connectivity index (χ2v) is 5.95. The van der Waals surface area contributed by atoms with Gasteiger partial charge in [-0.15, -0.1) is 11.3 Å². The molecule has 90 valence electrons. The molecule has 0 aliphatic carbocycles. The molecule has 0 saturated heterocycles. The largest absolute Gasteiger partial charge is 0.353 e. The second-order valence-electron chi connectivity index (χ2n) is 4.03. The summed E-state index contributed by atoms with van der Waals surface area (Å²) in [6, 6.07) is 2.07. The van der Waals surface area contributed by atoms with Crippen LogP contribution in [0.2, 0.25) is 0 Å². The Hall–Kier alpha value is -0.940. The van der Waals surface area contributed by atoms with Crippen LogP contribution in [-0.2, 0) is 6.54 Å². The van der Waals surface area contributed by atoms with Crippen molar-refractivity contribution in [2.45, 2.75) is 20.4 Å². The van der Waals surface area contributed by atoms with Gasteiger partial charge in [-0.05, 0) is 41.4 Å². The van der Waals surface area contributed by atoms with E-state index in [-0.39, 0.29) is 0 Å². The molecule has 0 bridgehead atoms. The topological polar surface area (TPSA) is 29.0 Å². The van der Waals surface area contributed by atoms with Crippen molar-refractivity contribution in [2.24, 2.45) is 0 Å². The Morgan fingerprint density at radius 2 is 2.18 bits per heavy atom. The van der Waals surface area contributed by atoms with Gasteiger partial charge in [0.1, 0.15) is 5.82 Å². The maximum atomic E-state index is 4.46. The Morgan fingerprint density at radius 1 is 1.41 bits per heavy atom. The van der Waals surface area contributed by atoms with E-state index in [1.54, 1.807) is 11.3 Å². The number of anilines is 1. The van der Waals surface area contributed by atoms with Crippen LogP contribution in [0.1, 0.15) is 16.3 Å². The molecule has 0 N–H and O–H groups in total. The second kappa shape index (κ2) is 5.14. The predicted octanol–water partition coefficient (Wildman–Crippen LogP) is 3.55. The van der Waals surface area contributed by atoms with Crippen LogP contribution in [-0.4, -0.2) is 17.0 Å². The molecular weight excluding hydrogens is 298 g/mol. The molecule has 2 heterocycles. The van der Waals surface area contributed by atoms with Gasteiger partial charge >= 0.3 is 0 Å². The number of hydrogen-bond acceptors (Lipinski definition) is 4. The van der Waals surface area contributed by atoms with Crippen LogP contribution in [0.15, 0.2) is 22.1 Å². The summed E-state index contributed by atoms with van der Waals surface area (Å²) in [7, 11) is 2.02. The fraction of sp³-hybridized carbons (Fsp3) is 0.333. The summed E-state index contributed by atoms with van der Waals surface area (Å²) in [5, 5.41) is 3.19. The van der Waals surface area contributed by atoms with Gasteiger partial charge in [0.25, 0.3) is 0 Å². The van der Waals surface area contributed by atoms with Crippen molar-refractivity contribution in [3.05, 3.63) is 38.4 Å². The van der Waals surface area contributed by atoms with E-state index in [1.807, 2.05) is 27.1 Å². The Balaban J connectivity index is 2.17. The molecule has 3 nitrogen and oxygen atoms in total. The lowest BCUT2D eigenvalue weighted by Gasteiger charge is -2.18. The predicted molar refractivity (Wildman–Crippen MR) is 75.6 cm³/mol. The molecule has 0 aliphatic heterocycles. The first kappa shape index (κ1) is 12.5. The van der Waals surface area contributed by atoms with E-state index in [9.17, 15) is 0 Å². The summed E-state index contributed by atoms with van der Waals surface area (Å²) in [4.78, 5) is 11.0. The summed E-state index contributed by atoms with van der Waals surface area (Å²) < 4.78 is 1.02. The highest BCUT2D eigenvalue weighted by atomic mass is 79.9. The minimum Gasteiger partial charge on any atom is -0.353 e. The van der Waals surface area contributed by atoms with Crippen LogP contribution >= 0.6 is 27.3 Å². The summed E-state index contributed by atoms with van der Waals surface area (Å²) in [5.41, 5.74) is 2.24. The smallest absolute Gasteiger partial charge is 0.142 e. The van der Waals surface area contributed by atoms with Crippen molar-refractivity contribution in [2.75, 3.05) is 11.9 Å². The van der Waals surface area contributed by atoms with Gasteiger partial charge in [0.2, 0.25) is 0 Å². The number of halogens is 1. The Bertz CT molecular complexity index is 524. The molecule has 0 aliphatic rings. The van der Waals surface area contributed by atoms with Gasteiger partial charge in [0, 0.05) is 18.6 Å². The highest BCUT2D eigenvalue weighted by molar-refractivity contribution is 9.10. The zero-order valence-corrected chi connectivity index (χ0v) is 12.5. The van der Waals surface area contributed by atoms with E-state index in [4.69, 9.17) is 0 Å². The van der Waals surface area contributed by atoms with Crippen molar-refractivity contribution in [3.63, 3.8) is 0 Å². The first-order valence-corrected chi connectivity index (χ1v) is 6.98. The molecule has 2 rings (SSSR count). The molecular formula is C12H14BrN3S. The van der Waals surface area contributed by atoms with Crippen molar-refractivity contribution in [1.29, 1.82) is 0 Å². The number of rotatable bonds is 3. The molecule has 5 heteroatoms. The van der Waals surface area contributed by atoms with E-state index < -0.39 is 0 Å². The number of aromatic nitrogens is 2. The van der Waals surface area contributed by atoms with Crippen LogP contribution in [0.5, 0.6) is 0 Å². The van der Waals surface area contributed by atoms with Crippen LogP contribution < -0.4 is 4.90 Å².